The van der Waals surface area contributed by atoms with Gasteiger partial charge in [-0.3, -0.25) is 9.59 Å². The Labute approximate surface area is 162 Å². The third kappa shape index (κ3) is 4.40. The summed E-state index contributed by atoms with van der Waals surface area (Å²) in [6.07, 6.45) is 0. The van der Waals surface area contributed by atoms with Crippen LogP contribution in [0.3, 0.4) is 0 Å². The molecule has 2 N–H and O–H groups in total. The number of anilines is 2. The Morgan fingerprint density at radius 2 is 1.29 bits per heavy atom. The smallest absolute Gasteiger partial charge is 0.340 e. The molecule has 1 aromatic rings. The summed E-state index contributed by atoms with van der Waals surface area (Å²) < 4.78 is 6.22. The van der Waals surface area contributed by atoms with Gasteiger partial charge in [0.2, 0.25) is 11.8 Å². The van der Waals surface area contributed by atoms with Crippen molar-refractivity contribution in [3.05, 3.63) is 23.4 Å². The zero-order valence-electron chi connectivity index (χ0n) is 11.0. The van der Waals surface area contributed by atoms with E-state index in [9.17, 15) is 14.4 Å². The van der Waals surface area contributed by atoms with E-state index < -0.39 is 5.97 Å². The van der Waals surface area contributed by atoms with Crippen molar-refractivity contribution in [1.82, 2.24) is 0 Å². The predicted octanol–water partition coefficient (Wildman–Crippen LogP) is 3.37. The maximum absolute atomic E-state index is 11.9. The van der Waals surface area contributed by atoms with Gasteiger partial charge in [-0.25, -0.2) is 4.79 Å². The SMILES string of the molecule is [CH2]OC(=O)c1c(I)c(NC(C)=O)c(I)c(NC(C)=O)c1I. The van der Waals surface area contributed by atoms with E-state index in [0.29, 0.717) is 22.1 Å². The van der Waals surface area contributed by atoms with E-state index in [1.54, 1.807) is 0 Å². The first-order valence-corrected chi connectivity index (χ1v) is 8.66. The molecule has 2 amide bonds. The summed E-state index contributed by atoms with van der Waals surface area (Å²) in [5.41, 5.74) is 1.15. The summed E-state index contributed by atoms with van der Waals surface area (Å²) >= 11 is 5.90. The van der Waals surface area contributed by atoms with Crippen molar-refractivity contribution in [3.8, 4) is 0 Å². The minimum Gasteiger partial charge on any atom is -0.458 e. The minimum atomic E-state index is -0.640. The van der Waals surface area contributed by atoms with Gasteiger partial charge >= 0.3 is 5.97 Å². The van der Waals surface area contributed by atoms with Gasteiger partial charge in [-0.2, -0.15) is 0 Å². The number of carbonyl (C=O) groups is 3. The van der Waals surface area contributed by atoms with Crippen molar-refractivity contribution in [2.24, 2.45) is 0 Å². The number of amides is 2. The molecule has 0 atom stereocenters. The molecule has 0 unspecified atom stereocenters. The molecule has 0 fully saturated rings. The predicted molar refractivity (Wildman–Crippen MR) is 104 cm³/mol. The largest absolute Gasteiger partial charge is 0.458 e. The number of benzene rings is 1. The first-order chi connectivity index (χ1) is 9.70. The lowest BCUT2D eigenvalue weighted by molar-refractivity contribution is -0.115. The maximum Gasteiger partial charge on any atom is 0.340 e. The van der Waals surface area contributed by atoms with Crippen LogP contribution in [0.5, 0.6) is 0 Å². The molecule has 0 aliphatic rings. The normalized spacial score (nSPS) is 10.0. The van der Waals surface area contributed by atoms with Crippen LogP contribution in [-0.2, 0) is 14.3 Å². The van der Waals surface area contributed by atoms with Crippen LogP contribution in [0.15, 0.2) is 0 Å². The number of rotatable bonds is 3. The highest BCUT2D eigenvalue weighted by molar-refractivity contribution is 14.1. The molecule has 0 saturated carbocycles. The fourth-order valence-electron chi connectivity index (χ4n) is 1.49. The highest BCUT2D eigenvalue weighted by Crippen LogP contribution is 2.39. The molecule has 0 aliphatic carbocycles. The first kappa shape index (κ1) is 18.9. The van der Waals surface area contributed by atoms with Crippen LogP contribution in [0.1, 0.15) is 24.2 Å². The van der Waals surface area contributed by atoms with E-state index in [4.69, 9.17) is 0 Å². The zero-order chi connectivity index (χ0) is 16.3. The molecule has 113 valence electrons. The van der Waals surface area contributed by atoms with Gasteiger partial charge in [-0.15, -0.1) is 0 Å². The quantitative estimate of drug-likeness (QED) is 0.398. The molecular formula is C12H10I3N2O4. The first-order valence-electron chi connectivity index (χ1n) is 5.42. The molecule has 0 bridgehead atoms. The Bertz CT molecular complexity index is 588. The van der Waals surface area contributed by atoms with E-state index in [0.717, 1.165) is 0 Å². The lowest BCUT2D eigenvalue weighted by Crippen LogP contribution is -2.18. The second kappa shape index (κ2) is 7.89. The summed E-state index contributed by atoms with van der Waals surface area (Å²) in [5, 5.41) is 5.33. The van der Waals surface area contributed by atoms with Crippen LogP contribution in [0.2, 0.25) is 0 Å². The molecule has 21 heavy (non-hydrogen) atoms. The highest BCUT2D eigenvalue weighted by atomic mass is 127. The third-order valence-corrected chi connectivity index (χ3v) is 5.49. The van der Waals surface area contributed by atoms with Gasteiger partial charge < -0.3 is 15.4 Å². The number of carbonyl (C=O) groups excluding carboxylic acids is 3. The van der Waals surface area contributed by atoms with Crippen LogP contribution in [0.25, 0.3) is 0 Å². The molecule has 0 aromatic heterocycles. The van der Waals surface area contributed by atoms with Gasteiger partial charge in [0.1, 0.15) is 7.11 Å². The second-order valence-corrected chi connectivity index (χ2v) is 7.10. The summed E-state index contributed by atoms with van der Waals surface area (Å²) in [6.45, 7) is 2.73. The van der Waals surface area contributed by atoms with Crippen molar-refractivity contribution in [2.45, 2.75) is 13.8 Å². The van der Waals surface area contributed by atoms with Gasteiger partial charge in [0.25, 0.3) is 0 Å². The third-order valence-electron chi connectivity index (χ3n) is 2.25. The van der Waals surface area contributed by atoms with Crippen LogP contribution < -0.4 is 10.6 Å². The monoisotopic (exact) mass is 627 g/mol. The average molecular weight is 627 g/mol. The lowest BCUT2D eigenvalue weighted by Gasteiger charge is -2.18. The fourth-order valence-corrected chi connectivity index (χ4v) is 5.63. The van der Waals surface area contributed by atoms with E-state index in [-0.39, 0.29) is 17.4 Å². The number of ether oxygens (including phenoxy) is 1. The molecule has 1 aromatic carbocycles. The van der Waals surface area contributed by atoms with E-state index in [1.807, 2.05) is 67.8 Å². The van der Waals surface area contributed by atoms with E-state index >= 15 is 0 Å². The molecule has 0 saturated heterocycles. The molecule has 0 aliphatic heterocycles. The van der Waals surface area contributed by atoms with Gasteiger partial charge in [-0.05, 0) is 67.8 Å². The van der Waals surface area contributed by atoms with Crippen molar-refractivity contribution in [2.75, 3.05) is 10.6 Å². The summed E-state index contributed by atoms with van der Waals surface area (Å²) in [6, 6.07) is 0. The van der Waals surface area contributed by atoms with E-state index in [2.05, 4.69) is 22.5 Å². The molecule has 1 radical (unpaired) electrons. The van der Waals surface area contributed by atoms with Crippen LogP contribution >= 0.6 is 67.8 Å². The van der Waals surface area contributed by atoms with Gasteiger partial charge in [-0.1, -0.05) is 0 Å². The van der Waals surface area contributed by atoms with Crippen LogP contribution in [-0.4, -0.2) is 17.8 Å². The van der Waals surface area contributed by atoms with Gasteiger partial charge in [0.15, 0.2) is 0 Å². The van der Waals surface area contributed by atoms with Gasteiger partial charge in [0, 0.05) is 13.8 Å². The Kier molecular flexibility index (Phi) is 7.09. The van der Waals surface area contributed by atoms with Crippen molar-refractivity contribution in [1.29, 1.82) is 0 Å². The molecule has 9 heteroatoms. The number of esters is 1. The van der Waals surface area contributed by atoms with Crippen LogP contribution in [0.4, 0.5) is 11.4 Å². The fraction of sp³-hybridized carbons (Fsp3) is 0.167. The Balaban J connectivity index is 3.69. The molecule has 0 heterocycles. The van der Waals surface area contributed by atoms with Crippen molar-refractivity contribution in [3.63, 3.8) is 0 Å². The Hall–Kier alpha value is -0.180. The Morgan fingerprint density at radius 1 is 0.905 bits per heavy atom. The topological polar surface area (TPSA) is 84.5 Å². The van der Waals surface area contributed by atoms with Crippen LogP contribution in [0, 0.1) is 17.8 Å². The lowest BCUT2D eigenvalue weighted by atomic mass is 10.1. The van der Waals surface area contributed by atoms with Gasteiger partial charge in [0.05, 0.1) is 27.6 Å². The number of nitrogens with one attached hydrogen (secondary N) is 2. The maximum atomic E-state index is 11.9. The number of hydrogen-bond acceptors (Lipinski definition) is 4. The van der Waals surface area contributed by atoms with Crippen molar-refractivity contribution < 1.29 is 19.1 Å². The summed E-state index contributed by atoms with van der Waals surface area (Å²) in [4.78, 5) is 34.6. The Morgan fingerprint density at radius 3 is 1.57 bits per heavy atom. The molecular weight excluding hydrogens is 617 g/mol. The molecule has 6 nitrogen and oxygen atoms in total. The summed E-state index contributed by atoms with van der Waals surface area (Å²) in [7, 11) is 3.12. The van der Waals surface area contributed by atoms with E-state index in [1.165, 1.54) is 13.8 Å². The highest BCUT2D eigenvalue weighted by Gasteiger charge is 2.26. The molecule has 0 spiro atoms. The average Bonchev–Trinajstić information content (AvgIpc) is 2.39. The number of hydrogen-bond donors (Lipinski definition) is 2. The zero-order valence-corrected chi connectivity index (χ0v) is 17.4. The molecule has 1 rings (SSSR count). The minimum absolute atomic E-state index is 0.249. The summed E-state index contributed by atoms with van der Waals surface area (Å²) in [5.74, 6) is -1.21. The number of halogens is 3. The van der Waals surface area contributed by atoms with Crippen molar-refractivity contribution >= 4 is 96.9 Å². The second-order valence-electron chi connectivity index (χ2n) is 3.86. The standard InChI is InChI=1S/C12H10I3N2O4/c1-4(18)16-10-7(13)6(12(20)21-3)8(14)11(9(10)15)17-5(2)19/h3H2,1-2H3,(H,16,18)(H,17,19).